The Bertz CT molecular complexity index is 622. The Balaban J connectivity index is 2.02. The van der Waals surface area contributed by atoms with E-state index in [0.29, 0.717) is 0 Å². The highest BCUT2D eigenvalue weighted by Gasteiger charge is 2.19. The molecule has 0 radical (unpaired) electrons. The van der Waals surface area contributed by atoms with Crippen LogP contribution in [0.4, 0.5) is 11.4 Å². The summed E-state index contributed by atoms with van der Waals surface area (Å²) < 4.78 is 1.11. The van der Waals surface area contributed by atoms with E-state index < -0.39 is 0 Å². The average Bonchev–Trinajstić information content (AvgIpc) is 2.46. The molecule has 0 aliphatic carbocycles. The fourth-order valence-electron chi connectivity index (χ4n) is 2.81. The molecule has 0 saturated heterocycles. The summed E-state index contributed by atoms with van der Waals surface area (Å²) in [5.41, 5.74) is 11.1. The van der Waals surface area contributed by atoms with E-state index in [2.05, 4.69) is 63.3 Å². The summed E-state index contributed by atoms with van der Waals surface area (Å²) in [7, 11) is 0. The highest BCUT2D eigenvalue weighted by Crippen LogP contribution is 2.38. The Morgan fingerprint density at radius 2 is 1.95 bits per heavy atom. The largest absolute Gasteiger partial charge is 0.340 e. The number of anilines is 2. The number of nitrogens with zero attached hydrogens (tertiary/aromatic N) is 1. The topological polar surface area (TPSA) is 29.3 Å². The molecule has 0 amide bonds. The third kappa shape index (κ3) is 2.48. The van der Waals surface area contributed by atoms with E-state index in [1.54, 1.807) is 0 Å². The lowest BCUT2D eigenvalue weighted by atomic mass is 10.0. The Labute approximate surface area is 128 Å². The van der Waals surface area contributed by atoms with Gasteiger partial charge in [-0.15, -0.1) is 0 Å². The van der Waals surface area contributed by atoms with Crippen molar-refractivity contribution >= 4 is 27.3 Å². The molecule has 3 rings (SSSR count). The predicted octanol–water partition coefficient (Wildman–Crippen LogP) is 4.55. The molecular weight excluding hydrogens is 312 g/mol. The van der Waals surface area contributed by atoms with Crippen molar-refractivity contribution in [3.63, 3.8) is 0 Å². The van der Waals surface area contributed by atoms with Crippen molar-refractivity contribution in [3.05, 3.63) is 58.1 Å². The zero-order valence-corrected chi connectivity index (χ0v) is 13.2. The van der Waals surface area contributed by atoms with Gasteiger partial charge < -0.3 is 10.6 Å². The van der Waals surface area contributed by atoms with Gasteiger partial charge in [0.1, 0.15) is 0 Å². The Morgan fingerprint density at radius 3 is 2.70 bits per heavy atom. The fourth-order valence-corrected chi connectivity index (χ4v) is 3.42. The molecule has 0 aromatic heterocycles. The van der Waals surface area contributed by atoms with Gasteiger partial charge in [0.2, 0.25) is 0 Å². The molecule has 0 fully saturated rings. The summed E-state index contributed by atoms with van der Waals surface area (Å²) in [4.78, 5) is 2.40. The van der Waals surface area contributed by atoms with Crippen LogP contribution in [0.3, 0.4) is 0 Å². The summed E-state index contributed by atoms with van der Waals surface area (Å²) in [6, 6.07) is 15.2. The zero-order valence-electron chi connectivity index (χ0n) is 11.6. The molecule has 2 nitrogen and oxygen atoms in total. The standard InChI is InChI=1S/C17H19BrN2/c1-12(19)14-8-9-17(15(18)11-14)20-10-4-6-13-5-2-3-7-16(13)20/h2-3,5,7-9,11-12H,4,6,10,19H2,1H3/t12-/m0/s1. The number of benzene rings is 2. The summed E-state index contributed by atoms with van der Waals surface area (Å²) >= 11 is 3.71. The van der Waals surface area contributed by atoms with Crippen LogP contribution in [0, 0.1) is 0 Å². The maximum atomic E-state index is 5.95. The molecule has 2 aromatic rings. The summed E-state index contributed by atoms with van der Waals surface area (Å²) in [5, 5.41) is 0. The van der Waals surface area contributed by atoms with Crippen LogP contribution in [0.1, 0.15) is 30.5 Å². The van der Waals surface area contributed by atoms with Crippen molar-refractivity contribution in [2.75, 3.05) is 11.4 Å². The zero-order chi connectivity index (χ0) is 14.1. The van der Waals surface area contributed by atoms with Crippen molar-refractivity contribution in [2.24, 2.45) is 5.73 Å². The molecule has 2 aromatic carbocycles. The molecule has 0 bridgehead atoms. The van der Waals surface area contributed by atoms with Gasteiger partial charge in [-0.1, -0.05) is 24.3 Å². The smallest absolute Gasteiger partial charge is 0.0555 e. The first-order valence-corrected chi connectivity index (χ1v) is 7.86. The second kappa shape index (κ2) is 5.58. The number of aryl methyl sites for hydroxylation is 1. The summed E-state index contributed by atoms with van der Waals surface area (Å²) in [6.45, 7) is 3.07. The van der Waals surface area contributed by atoms with Crippen molar-refractivity contribution < 1.29 is 0 Å². The number of nitrogens with two attached hydrogens (primary N) is 1. The van der Waals surface area contributed by atoms with E-state index in [1.165, 1.54) is 29.8 Å². The van der Waals surface area contributed by atoms with Gasteiger partial charge in [0.25, 0.3) is 0 Å². The van der Waals surface area contributed by atoms with Crippen LogP contribution >= 0.6 is 15.9 Å². The molecule has 3 heteroatoms. The van der Waals surface area contributed by atoms with Crippen LogP contribution in [0.5, 0.6) is 0 Å². The fraction of sp³-hybridized carbons (Fsp3) is 0.294. The molecule has 20 heavy (non-hydrogen) atoms. The van der Waals surface area contributed by atoms with Gasteiger partial charge in [-0.05, 0) is 65.0 Å². The van der Waals surface area contributed by atoms with Gasteiger partial charge in [0, 0.05) is 22.7 Å². The molecule has 1 atom stereocenters. The molecule has 0 saturated carbocycles. The minimum Gasteiger partial charge on any atom is -0.340 e. The SMILES string of the molecule is C[C@H](N)c1ccc(N2CCCc3ccccc32)c(Br)c1. The van der Waals surface area contributed by atoms with Crippen molar-refractivity contribution in [3.8, 4) is 0 Å². The molecule has 2 N–H and O–H groups in total. The minimum absolute atomic E-state index is 0.0639. The van der Waals surface area contributed by atoms with E-state index in [0.717, 1.165) is 16.6 Å². The highest BCUT2D eigenvalue weighted by atomic mass is 79.9. The monoisotopic (exact) mass is 330 g/mol. The Kier molecular flexibility index (Phi) is 3.81. The lowest BCUT2D eigenvalue weighted by molar-refractivity contribution is 0.764. The maximum Gasteiger partial charge on any atom is 0.0555 e. The van der Waals surface area contributed by atoms with E-state index in [9.17, 15) is 0 Å². The number of fused-ring (bicyclic) bond motifs is 1. The molecule has 104 valence electrons. The second-order valence-electron chi connectivity index (χ2n) is 5.38. The molecule has 0 spiro atoms. The minimum atomic E-state index is 0.0639. The van der Waals surface area contributed by atoms with Crippen LogP contribution in [0.2, 0.25) is 0 Å². The predicted molar refractivity (Wildman–Crippen MR) is 88.5 cm³/mol. The average molecular weight is 331 g/mol. The van der Waals surface area contributed by atoms with E-state index >= 15 is 0 Å². The van der Waals surface area contributed by atoms with Gasteiger partial charge in [0.15, 0.2) is 0 Å². The normalized spacial score (nSPS) is 15.8. The van der Waals surface area contributed by atoms with Crippen molar-refractivity contribution in [1.82, 2.24) is 0 Å². The van der Waals surface area contributed by atoms with E-state index in [4.69, 9.17) is 5.73 Å². The van der Waals surface area contributed by atoms with E-state index in [1.807, 2.05) is 6.92 Å². The van der Waals surface area contributed by atoms with Gasteiger partial charge in [0.05, 0.1) is 5.69 Å². The van der Waals surface area contributed by atoms with Gasteiger partial charge in [-0.25, -0.2) is 0 Å². The first-order chi connectivity index (χ1) is 9.66. The van der Waals surface area contributed by atoms with Crippen LogP contribution < -0.4 is 10.6 Å². The third-order valence-electron chi connectivity index (χ3n) is 3.90. The van der Waals surface area contributed by atoms with Crippen LogP contribution in [-0.4, -0.2) is 6.54 Å². The van der Waals surface area contributed by atoms with Gasteiger partial charge in [-0.3, -0.25) is 0 Å². The number of halogens is 1. The summed E-state index contributed by atoms with van der Waals surface area (Å²) in [5.74, 6) is 0. The third-order valence-corrected chi connectivity index (χ3v) is 4.53. The number of hydrogen-bond donors (Lipinski definition) is 1. The summed E-state index contributed by atoms with van der Waals surface area (Å²) in [6.07, 6.45) is 2.36. The van der Waals surface area contributed by atoms with E-state index in [-0.39, 0.29) is 6.04 Å². The lowest BCUT2D eigenvalue weighted by Gasteiger charge is -2.32. The number of rotatable bonds is 2. The van der Waals surface area contributed by atoms with Crippen LogP contribution in [0.15, 0.2) is 46.9 Å². The van der Waals surface area contributed by atoms with Crippen LogP contribution in [0.25, 0.3) is 0 Å². The Hall–Kier alpha value is -1.32. The van der Waals surface area contributed by atoms with Crippen molar-refractivity contribution in [2.45, 2.75) is 25.8 Å². The van der Waals surface area contributed by atoms with Gasteiger partial charge >= 0.3 is 0 Å². The van der Waals surface area contributed by atoms with Gasteiger partial charge in [-0.2, -0.15) is 0 Å². The maximum absolute atomic E-state index is 5.95. The molecule has 0 unspecified atom stereocenters. The number of para-hydroxylation sites is 1. The van der Waals surface area contributed by atoms with Crippen molar-refractivity contribution in [1.29, 1.82) is 0 Å². The lowest BCUT2D eigenvalue weighted by Crippen LogP contribution is -2.24. The molecule has 1 aliphatic rings. The molecule has 1 heterocycles. The first-order valence-electron chi connectivity index (χ1n) is 7.07. The highest BCUT2D eigenvalue weighted by molar-refractivity contribution is 9.10. The quantitative estimate of drug-likeness (QED) is 0.874. The van der Waals surface area contributed by atoms with Crippen LogP contribution in [-0.2, 0) is 6.42 Å². The number of hydrogen-bond acceptors (Lipinski definition) is 2. The molecule has 1 aliphatic heterocycles. The Morgan fingerprint density at radius 1 is 1.15 bits per heavy atom. The molecular formula is C17H19BrN2. The second-order valence-corrected chi connectivity index (χ2v) is 6.24. The first kappa shape index (κ1) is 13.7.